The number of sulfone groups is 1. The second kappa shape index (κ2) is 7.34. The van der Waals surface area contributed by atoms with Crippen molar-refractivity contribution in [3.05, 3.63) is 34.9 Å². The van der Waals surface area contributed by atoms with E-state index in [1.807, 2.05) is 6.92 Å². The maximum absolute atomic E-state index is 12.3. The molecule has 0 radical (unpaired) electrons. The first-order valence-corrected chi connectivity index (χ1v) is 10.2. The molecule has 0 bridgehead atoms. The molecule has 1 aromatic rings. The van der Waals surface area contributed by atoms with Gasteiger partial charge in [0.2, 0.25) is 0 Å². The Morgan fingerprint density at radius 1 is 1.30 bits per heavy atom. The van der Waals surface area contributed by atoms with E-state index in [-0.39, 0.29) is 17.8 Å². The molecule has 2 rings (SSSR count). The van der Waals surface area contributed by atoms with Gasteiger partial charge in [-0.3, -0.25) is 0 Å². The summed E-state index contributed by atoms with van der Waals surface area (Å²) in [6.07, 6.45) is 4.66. The van der Waals surface area contributed by atoms with Gasteiger partial charge >= 0.3 is 6.03 Å². The van der Waals surface area contributed by atoms with E-state index >= 15 is 0 Å². The smallest absolute Gasteiger partial charge is 0.317 e. The number of benzene rings is 1. The molecule has 0 fully saturated rings. The molecule has 0 unspecified atom stereocenters. The van der Waals surface area contributed by atoms with Crippen molar-refractivity contribution in [1.82, 2.24) is 10.2 Å². The summed E-state index contributed by atoms with van der Waals surface area (Å²) in [7, 11) is -3.11. The van der Waals surface area contributed by atoms with Crippen LogP contribution >= 0.6 is 0 Å². The van der Waals surface area contributed by atoms with E-state index in [4.69, 9.17) is 0 Å². The third-order valence-corrected chi connectivity index (χ3v) is 5.37. The van der Waals surface area contributed by atoms with E-state index in [9.17, 15) is 13.2 Å². The van der Waals surface area contributed by atoms with Gasteiger partial charge in [0, 0.05) is 25.4 Å². The summed E-state index contributed by atoms with van der Waals surface area (Å²) in [5, 5.41) is 2.90. The van der Waals surface area contributed by atoms with Gasteiger partial charge in [0.25, 0.3) is 0 Å². The van der Waals surface area contributed by atoms with Crippen LogP contribution in [0.4, 0.5) is 4.79 Å². The van der Waals surface area contributed by atoms with Crippen molar-refractivity contribution in [1.29, 1.82) is 0 Å². The van der Waals surface area contributed by atoms with Crippen molar-refractivity contribution in [2.75, 3.05) is 18.6 Å². The number of aryl methyl sites for hydroxylation is 2. The van der Waals surface area contributed by atoms with Crippen LogP contribution in [-0.4, -0.2) is 43.9 Å². The predicted octanol–water partition coefficient (Wildman–Crippen LogP) is 2.14. The lowest BCUT2D eigenvalue weighted by atomic mass is 10.1. The van der Waals surface area contributed by atoms with Crippen LogP contribution < -0.4 is 5.32 Å². The van der Waals surface area contributed by atoms with E-state index in [0.29, 0.717) is 13.1 Å². The van der Waals surface area contributed by atoms with Gasteiger partial charge in [0.05, 0.1) is 5.75 Å². The molecule has 2 amide bonds. The van der Waals surface area contributed by atoms with Crippen LogP contribution in [0.1, 0.15) is 37.0 Å². The monoisotopic (exact) mass is 338 g/mol. The number of carbonyl (C=O) groups excluding carboxylic acids is 1. The molecule has 128 valence electrons. The Hall–Kier alpha value is -1.56. The second-order valence-electron chi connectivity index (χ2n) is 6.34. The number of amides is 2. The van der Waals surface area contributed by atoms with Gasteiger partial charge in [-0.05, 0) is 49.8 Å². The third kappa shape index (κ3) is 4.96. The van der Waals surface area contributed by atoms with Crippen molar-refractivity contribution in [2.24, 2.45) is 0 Å². The van der Waals surface area contributed by atoms with Crippen LogP contribution in [0.5, 0.6) is 0 Å². The molecule has 1 aliphatic carbocycles. The number of nitrogens with zero attached hydrogens (tertiary/aromatic N) is 1. The molecule has 1 aliphatic rings. The Morgan fingerprint density at radius 2 is 2.00 bits per heavy atom. The van der Waals surface area contributed by atoms with E-state index < -0.39 is 9.84 Å². The van der Waals surface area contributed by atoms with Crippen LogP contribution in [0.3, 0.4) is 0 Å². The molecule has 0 saturated heterocycles. The minimum absolute atomic E-state index is 0.0207. The lowest BCUT2D eigenvalue weighted by Gasteiger charge is -2.27. The third-order valence-electron chi connectivity index (χ3n) is 4.28. The number of nitrogens with one attached hydrogen (secondary N) is 1. The largest absolute Gasteiger partial charge is 0.334 e. The quantitative estimate of drug-likeness (QED) is 0.864. The number of urea groups is 1. The van der Waals surface area contributed by atoms with Crippen molar-refractivity contribution in [3.63, 3.8) is 0 Å². The molecule has 0 saturated carbocycles. The first-order chi connectivity index (χ1) is 10.8. The zero-order valence-electron chi connectivity index (χ0n) is 14.1. The molecule has 1 aromatic carbocycles. The van der Waals surface area contributed by atoms with Crippen molar-refractivity contribution < 1.29 is 13.2 Å². The van der Waals surface area contributed by atoms with Gasteiger partial charge in [0.1, 0.15) is 9.84 Å². The Kier molecular flexibility index (Phi) is 5.68. The fourth-order valence-electron chi connectivity index (χ4n) is 3.20. The lowest BCUT2D eigenvalue weighted by Crippen LogP contribution is -2.47. The first-order valence-electron chi connectivity index (χ1n) is 8.13. The number of hydrogen-bond donors (Lipinski definition) is 1. The zero-order valence-corrected chi connectivity index (χ0v) is 14.9. The number of rotatable bonds is 6. The van der Waals surface area contributed by atoms with Crippen molar-refractivity contribution in [3.8, 4) is 0 Å². The number of carbonyl (C=O) groups is 1. The lowest BCUT2D eigenvalue weighted by molar-refractivity contribution is 0.187. The molecule has 0 heterocycles. The normalized spacial score (nSPS) is 15.1. The van der Waals surface area contributed by atoms with E-state index in [1.54, 1.807) is 11.8 Å². The minimum atomic E-state index is -3.11. The average Bonchev–Trinajstić information content (AvgIpc) is 2.91. The summed E-state index contributed by atoms with van der Waals surface area (Å²) in [6, 6.07) is 5.81. The van der Waals surface area contributed by atoms with Crippen LogP contribution in [0, 0.1) is 0 Å². The highest BCUT2D eigenvalue weighted by molar-refractivity contribution is 7.90. The summed E-state index contributed by atoms with van der Waals surface area (Å²) in [5.41, 5.74) is 3.89. The van der Waals surface area contributed by atoms with Gasteiger partial charge in [-0.2, -0.15) is 0 Å². The SMILES string of the molecule is CCN(C(=O)NCc1ccc2c(c1)CCC2)[C@@H](C)CS(C)(=O)=O. The van der Waals surface area contributed by atoms with Gasteiger partial charge < -0.3 is 10.2 Å². The molecule has 23 heavy (non-hydrogen) atoms. The summed E-state index contributed by atoms with van der Waals surface area (Å²) in [5.74, 6) is -0.0207. The Balaban J connectivity index is 1.94. The number of fused-ring (bicyclic) bond motifs is 1. The molecule has 6 heteroatoms. The number of hydrogen-bond acceptors (Lipinski definition) is 3. The summed E-state index contributed by atoms with van der Waals surface area (Å²) >= 11 is 0. The Morgan fingerprint density at radius 3 is 2.65 bits per heavy atom. The highest BCUT2D eigenvalue weighted by Crippen LogP contribution is 2.22. The molecule has 0 spiro atoms. The van der Waals surface area contributed by atoms with E-state index in [1.165, 1.54) is 23.8 Å². The highest BCUT2D eigenvalue weighted by Gasteiger charge is 2.21. The minimum Gasteiger partial charge on any atom is -0.334 e. The zero-order chi connectivity index (χ0) is 17.0. The molecule has 0 aliphatic heterocycles. The second-order valence-corrected chi connectivity index (χ2v) is 8.53. The molecule has 1 N–H and O–H groups in total. The van der Waals surface area contributed by atoms with Crippen LogP contribution in [0.15, 0.2) is 18.2 Å². The molecular formula is C17H26N2O3S. The molecule has 1 atom stereocenters. The van der Waals surface area contributed by atoms with Gasteiger partial charge in [0.15, 0.2) is 0 Å². The van der Waals surface area contributed by atoms with Crippen LogP contribution in [0.25, 0.3) is 0 Å². The topological polar surface area (TPSA) is 66.5 Å². The molecule has 0 aromatic heterocycles. The maximum Gasteiger partial charge on any atom is 0.317 e. The summed E-state index contributed by atoms with van der Waals surface area (Å²) in [6.45, 7) is 4.56. The molecule has 5 nitrogen and oxygen atoms in total. The standard InChI is InChI=1S/C17H26N2O3S/c1-4-19(13(2)12-23(3,21)22)17(20)18-11-14-8-9-15-6-5-7-16(15)10-14/h8-10,13H,4-7,11-12H2,1-3H3,(H,18,20)/t13-/m0/s1. The van der Waals surface area contributed by atoms with E-state index in [0.717, 1.165) is 18.4 Å². The fraction of sp³-hybridized carbons (Fsp3) is 0.588. The Bertz CT molecular complexity index is 670. The highest BCUT2D eigenvalue weighted by atomic mass is 32.2. The Labute approximate surface area is 139 Å². The maximum atomic E-state index is 12.3. The average molecular weight is 338 g/mol. The van der Waals surface area contributed by atoms with Gasteiger partial charge in [-0.15, -0.1) is 0 Å². The fourth-order valence-corrected chi connectivity index (χ4v) is 4.25. The van der Waals surface area contributed by atoms with Crippen LogP contribution in [0.2, 0.25) is 0 Å². The van der Waals surface area contributed by atoms with Crippen molar-refractivity contribution in [2.45, 2.75) is 45.7 Å². The summed E-state index contributed by atoms with van der Waals surface area (Å²) in [4.78, 5) is 13.9. The summed E-state index contributed by atoms with van der Waals surface area (Å²) < 4.78 is 22.8. The first kappa shape index (κ1) is 17.8. The molecular weight excluding hydrogens is 312 g/mol. The van der Waals surface area contributed by atoms with E-state index in [2.05, 4.69) is 23.5 Å². The van der Waals surface area contributed by atoms with Gasteiger partial charge in [-0.1, -0.05) is 18.2 Å². The van der Waals surface area contributed by atoms with Crippen LogP contribution in [-0.2, 0) is 29.2 Å². The predicted molar refractivity (Wildman–Crippen MR) is 92.3 cm³/mol. The van der Waals surface area contributed by atoms with Crippen molar-refractivity contribution >= 4 is 15.9 Å². The van der Waals surface area contributed by atoms with Gasteiger partial charge in [-0.25, -0.2) is 13.2 Å².